The third-order valence-electron chi connectivity index (χ3n) is 6.46. The molecule has 38 heavy (non-hydrogen) atoms. The van der Waals surface area contributed by atoms with E-state index < -0.39 is 11.9 Å². The molecule has 2 aromatic heterocycles. The summed E-state index contributed by atoms with van der Waals surface area (Å²) < 4.78 is 12.6. The number of urea groups is 1. The third-order valence-corrected chi connectivity index (χ3v) is 6.46. The summed E-state index contributed by atoms with van der Waals surface area (Å²) in [7, 11) is 0. The van der Waals surface area contributed by atoms with Crippen LogP contribution in [0.4, 0.5) is 16.7 Å². The summed E-state index contributed by atoms with van der Waals surface area (Å²) >= 11 is 0. The zero-order chi connectivity index (χ0) is 25.6. The Hall–Kier alpha value is -5.13. The van der Waals surface area contributed by atoms with Gasteiger partial charge >= 0.3 is 6.03 Å². The Morgan fingerprint density at radius 2 is 1.92 bits per heavy atom. The molecule has 2 fully saturated rings. The minimum atomic E-state index is -0.563. The highest BCUT2D eigenvalue weighted by Gasteiger charge is 2.26. The molecule has 4 heterocycles. The van der Waals surface area contributed by atoms with Crippen LogP contribution in [0.25, 0.3) is 22.9 Å². The van der Waals surface area contributed by atoms with Gasteiger partial charge in [-0.25, -0.2) is 4.79 Å². The highest BCUT2D eigenvalue weighted by molar-refractivity contribution is 6.14. The maximum Gasteiger partial charge on any atom is 0.326 e. The molecule has 0 spiro atoms. The molecule has 4 aromatic rings. The number of aromatic nitrogens is 4. The first kappa shape index (κ1) is 22.1. The largest absolute Gasteiger partial charge is 0.454 e. The van der Waals surface area contributed by atoms with Gasteiger partial charge in [-0.2, -0.15) is 19.6 Å². The Balaban J connectivity index is 1.21. The van der Waals surface area contributed by atoms with Gasteiger partial charge in [-0.3, -0.25) is 10.1 Å². The standard InChI is InChI=1S/C26H22N8O4/c35-23-19(30-26(36)32-23)9-16-12-28-34-22(16)31-24(33-25(34)29-17-6-7-17)27-11-15-3-1-2-4-18(15)14-5-8-20-21(10-14)38-13-37-20/h1-5,8-10,12,17H,6-7,11,13H2,(H2,27,29,31,33)(H2,30,32,35,36)/b19-9-. The van der Waals surface area contributed by atoms with Crippen molar-refractivity contribution < 1.29 is 19.1 Å². The number of amides is 3. The molecule has 7 rings (SSSR count). The lowest BCUT2D eigenvalue weighted by molar-refractivity contribution is -0.115. The van der Waals surface area contributed by atoms with Crippen molar-refractivity contribution in [2.45, 2.75) is 25.4 Å². The van der Waals surface area contributed by atoms with Crippen LogP contribution in [0, 0.1) is 0 Å². The van der Waals surface area contributed by atoms with Crippen LogP contribution >= 0.6 is 0 Å². The number of nitrogens with zero attached hydrogens (tertiary/aromatic N) is 4. The molecule has 3 aliphatic rings. The number of nitrogens with one attached hydrogen (secondary N) is 4. The molecule has 0 radical (unpaired) electrons. The Kier molecular flexibility index (Phi) is 5.10. The van der Waals surface area contributed by atoms with Crippen molar-refractivity contribution >= 4 is 35.6 Å². The lowest BCUT2D eigenvalue weighted by Crippen LogP contribution is -2.22. The fourth-order valence-corrected chi connectivity index (χ4v) is 4.41. The topological polar surface area (TPSA) is 144 Å². The lowest BCUT2D eigenvalue weighted by atomic mass is 9.99. The molecule has 2 aromatic carbocycles. The van der Waals surface area contributed by atoms with Crippen LogP contribution < -0.4 is 30.7 Å². The minimum Gasteiger partial charge on any atom is -0.454 e. The zero-order valence-electron chi connectivity index (χ0n) is 20.0. The van der Waals surface area contributed by atoms with Gasteiger partial charge in [-0.15, -0.1) is 0 Å². The van der Waals surface area contributed by atoms with Crippen LogP contribution in [0.3, 0.4) is 0 Å². The predicted molar refractivity (Wildman–Crippen MR) is 137 cm³/mol. The van der Waals surface area contributed by atoms with Gasteiger partial charge in [0.25, 0.3) is 5.91 Å². The number of hydrogen-bond donors (Lipinski definition) is 4. The van der Waals surface area contributed by atoms with Gasteiger partial charge in [-0.05, 0) is 47.7 Å². The first-order valence-electron chi connectivity index (χ1n) is 12.2. The molecule has 1 saturated carbocycles. The summed E-state index contributed by atoms with van der Waals surface area (Å²) in [4.78, 5) is 32.9. The summed E-state index contributed by atoms with van der Waals surface area (Å²) in [6.07, 6.45) is 5.25. The first-order chi connectivity index (χ1) is 18.6. The molecule has 12 nitrogen and oxygen atoms in total. The highest BCUT2D eigenvalue weighted by atomic mass is 16.7. The van der Waals surface area contributed by atoms with E-state index in [0.29, 0.717) is 35.7 Å². The number of hydrogen-bond acceptors (Lipinski definition) is 9. The Bertz CT molecular complexity index is 1640. The first-order valence-corrected chi connectivity index (χ1v) is 12.2. The van der Waals surface area contributed by atoms with Crippen molar-refractivity contribution in [2.75, 3.05) is 17.4 Å². The van der Waals surface area contributed by atoms with E-state index in [-0.39, 0.29) is 12.5 Å². The number of imide groups is 1. The third kappa shape index (κ3) is 4.11. The second kappa shape index (κ2) is 8.76. The molecule has 0 atom stereocenters. The monoisotopic (exact) mass is 510 g/mol. The van der Waals surface area contributed by atoms with Gasteiger partial charge in [0.1, 0.15) is 5.70 Å². The average Bonchev–Trinajstić information content (AvgIpc) is 3.30. The van der Waals surface area contributed by atoms with Crippen LogP contribution in [0.15, 0.2) is 54.4 Å². The maximum absolute atomic E-state index is 12.0. The lowest BCUT2D eigenvalue weighted by Gasteiger charge is -2.13. The summed E-state index contributed by atoms with van der Waals surface area (Å²) in [5, 5.41) is 15.9. The molecule has 2 aliphatic heterocycles. The molecule has 12 heteroatoms. The van der Waals surface area contributed by atoms with Gasteiger partial charge < -0.3 is 25.4 Å². The normalized spacial score (nSPS) is 17.1. The van der Waals surface area contributed by atoms with E-state index >= 15 is 0 Å². The zero-order valence-corrected chi connectivity index (χ0v) is 20.0. The van der Waals surface area contributed by atoms with Gasteiger partial charge in [0.15, 0.2) is 17.1 Å². The molecular weight excluding hydrogens is 488 g/mol. The van der Waals surface area contributed by atoms with E-state index in [1.165, 1.54) is 0 Å². The van der Waals surface area contributed by atoms with Crippen molar-refractivity contribution in [3.63, 3.8) is 0 Å². The number of rotatable bonds is 7. The molecule has 190 valence electrons. The second-order valence-electron chi connectivity index (χ2n) is 9.17. The highest BCUT2D eigenvalue weighted by Crippen LogP contribution is 2.37. The van der Waals surface area contributed by atoms with Gasteiger partial charge in [0.05, 0.1) is 6.20 Å². The smallest absolute Gasteiger partial charge is 0.326 e. The second-order valence-corrected chi connectivity index (χ2v) is 9.17. The quantitative estimate of drug-likeness (QED) is 0.218. The van der Waals surface area contributed by atoms with E-state index in [1.807, 2.05) is 36.4 Å². The van der Waals surface area contributed by atoms with Gasteiger partial charge in [0, 0.05) is 18.2 Å². The van der Waals surface area contributed by atoms with E-state index in [9.17, 15) is 9.59 Å². The van der Waals surface area contributed by atoms with Crippen molar-refractivity contribution in [3.8, 4) is 22.6 Å². The number of ether oxygens (including phenoxy) is 2. The number of carbonyl (C=O) groups excluding carboxylic acids is 2. The van der Waals surface area contributed by atoms with Gasteiger partial charge in [-0.1, -0.05) is 30.3 Å². The summed E-state index contributed by atoms with van der Waals surface area (Å²) in [5.41, 5.74) is 4.31. The molecule has 3 amide bonds. The summed E-state index contributed by atoms with van der Waals surface area (Å²) in [5.74, 6) is 1.92. The Morgan fingerprint density at radius 1 is 1.05 bits per heavy atom. The van der Waals surface area contributed by atoms with Crippen molar-refractivity contribution in [1.29, 1.82) is 0 Å². The molecule has 1 aliphatic carbocycles. The Labute approximate surface area is 216 Å². The maximum atomic E-state index is 12.0. The molecule has 4 N–H and O–H groups in total. The van der Waals surface area contributed by atoms with E-state index in [1.54, 1.807) is 16.8 Å². The number of benzene rings is 2. The van der Waals surface area contributed by atoms with Crippen molar-refractivity contribution in [2.24, 2.45) is 0 Å². The van der Waals surface area contributed by atoms with Gasteiger partial charge in [0.2, 0.25) is 18.7 Å². The molecule has 1 saturated heterocycles. The van der Waals surface area contributed by atoms with E-state index in [0.717, 1.165) is 41.0 Å². The molecular formula is C26H22N8O4. The summed E-state index contributed by atoms with van der Waals surface area (Å²) in [6, 6.07) is 13.8. The van der Waals surface area contributed by atoms with E-state index in [2.05, 4.69) is 42.4 Å². The fourth-order valence-electron chi connectivity index (χ4n) is 4.41. The summed E-state index contributed by atoms with van der Waals surface area (Å²) in [6.45, 7) is 0.690. The minimum absolute atomic E-state index is 0.132. The van der Waals surface area contributed by atoms with Crippen LogP contribution in [-0.4, -0.2) is 44.4 Å². The average molecular weight is 511 g/mol. The van der Waals surface area contributed by atoms with Crippen LogP contribution in [0.5, 0.6) is 11.5 Å². The van der Waals surface area contributed by atoms with Crippen LogP contribution in [-0.2, 0) is 11.3 Å². The van der Waals surface area contributed by atoms with E-state index in [4.69, 9.17) is 9.47 Å². The van der Waals surface area contributed by atoms with Crippen molar-refractivity contribution in [3.05, 3.63) is 65.5 Å². The number of carbonyl (C=O) groups is 2. The van der Waals surface area contributed by atoms with Crippen LogP contribution in [0.1, 0.15) is 24.0 Å². The Morgan fingerprint density at radius 3 is 2.76 bits per heavy atom. The van der Waals surface area contributed by atoms with Crippen molar-refractivity contribution in [1.82, 2.24) is 30.2 Å². The SMILES string of the molecule is O=C1NC(=O)/C(=C/c2cnn3c(NC4CC4)nc(NCc4ccccc4-c4ccc5c(c4)OCO5)nc23)N1. The molecule has 0 unspecified atom stereocenters. The predicted octanol–water partition coefficient (Wildman–Crippen LogP) is 2.89. The number of fused-ring (bicyclic) bond motifs is 2. The fraction of sp³-hybridized carbons (Fsp3) is 0.192. The number of anilines is 2. The van der Waals surface area contributed by atoms with Crippen LogP contribution in [0.2, 0.25) is 0 Å². The molecule has 0 bridgehead atoms.